The molecular weight excluding hydrogens is 342 g/mol. The highest BCUT2D eigenvalue weighted by molar-refractivity contribution is 5.82. The number of piperidine rings is 1. The minimum atomic E-state index is -0.0865. The van der Waals surface area contributed by atoms with Gasteiger partial charge in [0.25, 0.3) is 0 Å². The topological polar surface area (TPSA) is 93.2 Å². The van der Waals surface area contributed by atoms with Crippen molar-refractivity contribution < 1.29 is 4.79 Å². The molecule has 4 heterocycles. The first-order valence-electron chi connectivity index (χ1n) is 10.1. The van der Waals surface area contributed by atoms with E-state index in [-0.39, 0.29) is 18.0 Å². The zero-order chi connectivity index (χ0) is 19.0. The smallest absolute Gasteiger partial charge is 0.239 e. The predicted octanol–water partition coefficient (Wildman–Crippen LogP) is 1.83. The number of nitrogens with two attached hydrogens (primary N) is 1. The number of imidazole rings is 1. The van der Waals surface area contributed by atoms with Gasteiger partial charge in [0.2, 0.25) is 5.91 Å². The Morgan fingerprint density at radius 3 is 2.93 bits per heavy atom. The quantitative estimate of drug-likeness (QED) is 0.881. The predicted molar refractivity (Wildman–Crippen MR) is 104 cm³/mol. The maximum atomic E-state index is 13.1. The van der Waals surface area contributed by atoms with Gasteiger partial charge in [0.1, 0.15) is 11.8 Å². The normalized spacial score (nSPS) is 25.2. The second-order valence-corrected chi connectivity index (χ2v) is 7.79. The van der Waals surface area contributed by atoms with E-state index in [4.69, 9.17) is 5.73 Å². The zero-order valence-corrected chi connectivity index (χ0v) is 16.2. The Hall–Kier alpha value is -2.22. The summed E-state index contributed by atoms with van der Waals surface area (Å²) in [7, 11) is 0. The molecule has 1 amide bonds. The average molecular weight is 371 g/mol. The Kier molecular flexibility index (Phi) is 4.99. The number of rotatable bonds is 4. The van der Waals surface area contributed by atoms with Crippen LogP contribution in [0.4, 0.5) is 5.82 Å². The van der Waals surface area contributed by atoms with Gasteiger partial charge in [0.15, 0.2) is 11.5 Å². The third kappa shape index (κ3) is 3.26. The molecular formula is C19H29N7O. The van der Waals surface area contributed by atoms with Gasteiger partial charge in [0.05, 0.1) is 18.4 Å². The summed E-state index contributed by atoms with van der Waals surface area (Å²) in [5, 5.41) is 0. The number of carbonyl (C=O) groups is 1. The van der Waals surface area contributed by atoms with Crippen molar-refractivity contribution in [1.29, 1.82) is 0 Å². The van der Waals surface area contributed by atoms with Crippen LogP contribution in [-0.2, 0) is 4.79 Å². The largest absolute Gasteiger partial charge is 0.382 e. The first kappa shape index (κ1) is 18.2. The third-order valence-corrected chi connectivity index (χ3v) is 6.26. The molecule has 2 N–H and O–H groups in total. The van der Waals surface area contributed by atoms with Crippen LogP contribution in [0, 0.1) is 0 Å². The highest BCUT2D eigenvalue weighted by Gasteiger charge is 2.35. The van der Waals surface area contributed by atoms with Crippen molar-refractivity contribution in [2.45, 2.75) is 64.1 Å². The van der Waals surface area contributed by atoms with Crippen molar-refractivity contribution in [2.24, 2.45) is 0 Å². The summed E-state index contributed by atoms with van der Waals surface area (Å²) >= 11 is 0. The first-order chi connectivity index (χ1) is 13.1. The molecule has 0 aromatic carbocycles. The maximum absolute atomic E-state index is 13.1. The minimum absolute atomic E-state index is 0.0865. The van der Waals surface area contributed by atoms with Crippen molar-refractivity contribution in [3.8, 4) is 0 Å². The molecule has 4 rings (SSSR count). The fourth-order valence-electron chi connectivity index (χ4n) is 4.60. The van der Waals surface area contributed by atoms with E-state index >= 15 is 0 Å². The molecule has 2 aromatic heterocycles. The van der Waals surface area contributed by atoms with Crippen LogP contribution in [0.25, 0.3) is 11.2 Å². The average Bonchev–Trinajstić information content (AvgIpc) is 3.34. The lowest BCUT2D eigenvalue weighted by Gasteiger charge is -2.38. The van der Waals surface area contributed by atoms with E-state index in [1.54, 1.807) is 6.33 Å². The number of nitrogens with zero attached hydrogens (tertiary/aromatic N) is 6. The Balaban J connectivity index is 1.47. The maximum Gasteiger partial charge on any atom is 0.239 e. The monoisotopic (exact) mass is 371 g/mol. The van der Waals surface area contributed by atoms with Crippen LogP contribution in [0.3, 0.4) is 0 Å². The summed E-state index contributed by atoms with van der Waals surface area (Å²) in [5.74, 6) is 0.692. The summed E-state index contributed by atoms with van der Waals surface area (Å²) in [6, 6.07) is 0.573. The first-order valence-corrected chi connectivity index (χ1v) is 10.1. The summed E-state index contributed by atoms with van der Waals surface area (Å²) in [4.78, 5) is 30.3. The van der Waals surface area contributed by atoms with Crippen LogP contribution < -0.4 is 5.73 Å². The van der Waals surface area contributed by atoms with Crippen molar-refractivity contribution in [3.05, 3.63) is 12.7 Å². The molecule has 3 atom stereocenters. The van der Waals surface area contributed by atoms with Gasteiger partial charge < -0.3 is 15.2 Å². The van der Waals surface area contributed by atoms with E-state index in [1.807, 2.05) is 0 Å². The van der Waals surface area contributed by atoms with Gasteiger partial charge in [-0.1, -0.05) is 6.92 Å². The van der Waals surface area contributed by atoms with Crippen LogP contribution >= 0.6 is 0 Å². The van der Waals surface area contributed by atoms with Gasteiger partial charge in [-0.3, -0.25) is 9.69 Å². The molecule has 2 fully saturated rings. The molecule has 3 unspecified atom stereocenters. The van der Waals surface area contributed by atoms with Crippen LogP contribution in [-0.4, -0.2) is 66.9 Å². The number of hydrogen-bond donors (Lipinski definition) is 1. The molecule has 2 saturated heterocycles. The zero-order valence-electron chi connectivity index (χ0n) is 16.2. The Morgan fingerprint density at radius 1 is 1.26 bits per heavy atom. The fourth-order valence-corrected chi connectivity index (χ4v) is 4.60. The summed E-state index contributed by atoms with van der Waals surface area (Å²) < 4.78 is 2.08. The molecule has 0 radical (unpaired) electrons. The van der Waals surface area contributed by atoms with Gasteiger partial charge in [-0.25, -0.2) is 15.0 Å². The Bertz CT molecular complexity index is 819. The molecule has 0 saturated carbocycles. The van der Waals surface area contributed by atoms with Crippen LogP contribution in [0.15, 0.2) is 12.7 Å². The van der Waals surface area contributed by atoms with Gasteiger partial charge in [0, 0.05) is 25.7 Å². The lowest BCUT2D eigenvalue weighted by Crippen LogP contribution is -2.51. The number of hydrogen-bond acceptors (Lipinski definition) is 6. The lowest BCUT2D eigenvalue weighted by molar-refractivity contribution is -0.139. The highest BCUT2D eigenvalue weighted by Crippen LogP contribution is 2.28. The SMILES string of the molecule is CCC1CCCCN1C(=O)C(C)N1CCC(n2cnc3c(N)ncnc32)C1. The summed E-state index contributed by atoms with van der Waals surface area (Å²) in [6.45, 7) is 6.87. The van der Waals surface area contributed by atoms with E-state index in [9.17, 15) is 4.79 Å². The van der Waals surface area contributed by atoms with Crippen LogP contribution in [0.2, 0.25) is 0 Å². The van der Waals surface area contributed by atoms with Gasteiger partial charge >= 0.3 is 0 Å². The molecule has 2 aromatic rings. The number of amides is 1. The van der Waals surface area contributed by atoms with Crippen molar-refractivity contribution in [1.82, 2.24) is 29.3 Å². The van der Waals surface area contributed by atoms with Gasteiger partial charge in [-0.15, -0.1) is 0 Å². The van der Waals surface area contributed by atoms with E-state index in [1.165, 1.54) is 12.7 Å². The van der Waals surface area contributed by atoms with Crippen molar-refractivity contribution >= 4 is 22.9 Å². The number of fused-ring (bicyclic) bond motifs is 1. The van der Waals surface area contributed by atoms with Gasteiger partial charge in [-0.2, -0.15) is 0 Å². The molecule has 0 bridgehead atoms. The second-order valence-electron chi connectivity index (χ2n) is 7.79. The number of carbonyl (C=O) groups excluding carboxylic acids is 1. The molecule has 8 nitrogen and oxygen atoms in total. The van der Waals surface area contributed by atoms with Crippen molar-refractivity contribution in [3.63, 3.8) is 0 Å². The van der Waals surface area contributed by atoms with Crippen LogP contribution in [0.5, 0.6) is 0 Å². The molecule has 0 spiro atoms. The standard InChI is InChI=1S/C19H29N7O/c1-3-14-6-4-5-8-25(14)19(27)13(2)24-9-7-15(10-24)26-12-23-16-17(20)21-11-22-18(16)26/h11-15H,3-10H2,1-2H3,(H2,20,21,22). The molecule has 8 heteroatoms. The Morgan fingerprint density at radius 2 is 2.11 bits per heavy atom. The lowest BCUT2D eigenvalue weighted by atomic mass is 9.99. The van der Waals surface area contributed by atoms with E-state index in [2.05, 4.69) is 43.2 Å². The van der Waals surface area contributed by atoms with Crippen LogP contribution in [0.1, 0.15) is 52.0 Å². The highest BCUT2D eigenvalue weighted by atomic mass is 16.2. The molecule has 146 valence electrons. The van der Waals surface area contributed by atoms with Crippen molar-refractivity contribution in [2.75, 3.05) is 25.4 Å². The van der Waals surface area contributed by atoms with Gasteiger partial charge in [-0.05, 0) is 39.0 Å². The second kappa shape index (κ2) is 7.42. The molecule has 2 aliphatic rings. The number of likely N-dealkylation sites (tertiary alicyclic amines) is 2. The van der Waals surface area contributed by atoms with E-state index in [0.717, 1.165) is 51.0 Å². The molecule has 27 heavy (non-hydrogen) atoms. The number of aromatic nitrogens is 4. The molecule has 0 aliphatic carbocycles. The van der Waals surface area contributed by atoms with E-state index in [0.29, 0.717) is 17.4 Å². The fraction of sp³-hybridized carbons (Fsp3) is 0.684. The molecule has 2 aliphatic heterocycles. The third-order valence-electron chi connectivity index (χ3n) is 6.26. The Labute approximate surface area is 159 Å². The number of nitrogen functional groups attached to an aromatic ring is 1. The summed E-state index contributed by atoms with van der Waals surface area (Å²) in [5.41, 5.74) is 7.33. The number of anilines is 1. The summed E-state index contributed by atoms with van der Waals surface area (Å²) in [6.07, 6.45) is 8.80. The minimum Gasteiger partial charge on any atom is -0.382 e. The van der Waals surface area contributed by atoms with E-state index < -0.39 is 0 Å².